The first kappa shape index (κ1) is 8.05. The van der Waals surface area contributed by atoms with E-state index in [0.29, 0.717) is 5.92 Å². The van der Waals surface area contributed by atoms with Crippen LogP contribution in [0.15, 0.2) is 5.16 Å². The molecule has 0 amide bonds. The van der Waals surface area contributed by atoms with E-state index in [1.54, 1.807) is 0 Å². The monoisotopic (exact) mass is 169 g/mol. The second-order valence-electron chi connectivity index (χ2n) is 3.67. The molecule has 1 aliphatic heterocycles. The lowest BCUT2D eigenvalue weighted by atomic mass is 9.83. The van der Waals surface area contributed by atoms with Gasteiger partial charge in [-0.3, -0.25) is 0 Å². The Hall–Kier alpha value is -0.570. The van der Waals surface area contributed by atoms with Crippen LogP contribution in [0.4, 0.5) is 0 Å². The largest absolute Gasteiger partial charge is 0.392 e. The lowest BCUT2D eigenvalue weighted by molar-refractivity contribution is -0.00846. The van der Waals surface area contributed by atoms with Gasteiger partial charge in [0, 0.05) is 5.92 Å². The van der Waals surface area contributed by atoms with Crippen LogP contribution < -0.4 is 0 Å². The van der Waals surface area contributed by atoms with Crippen molar-refractivity contribution in [2.45, 2.75) is 38.2 Å². The van der Waals surface area contributed by atoms with Gasteiger partial charge in [0.25, 0.3) is 0 Å². The summed E-state index contributed by atoms with van der Waals surface area (Å²) in [7, 11) is 0. The van der Waals surface area contributed by atoms with Gasteiger partial charge in [0.2, 0.25) is 0 Å². The second kappa shape index (κ2) is 3.44. The Morgan fingerprint density at radius 1 is 1.50 bits per heavy atom. The van der Waals surface area contributed by atoms with Crippen LogP contribution in [-0.4, -0.2) is 23.5 Å². The van der Waals surface area contributed by atoms with Gasteiger partial charge in [0.05, 0.1) is 12.3 Å². The van der Waals surface area contributed by atoms with E-state index in [0.717, 1.165) is 12.8 Å². The van der Waals surface area contributed by atoms with E-state index >= 15 is 0 Å². The Balaban J connectivity index is 2.02. The number of aliphatic hydroxyl groups is 1. The minimum absolute atomic E-state index is 0.0446. The maximum atomic E-state index is 8.89. The molecule has 2 rings (SSSR count). The highest BCUT2D eigenvalue weighted by Gasteiger charge is 2.28. The van der Waals surface area contributed by atoms with Crippen molar-refractivity contribution in [1.82, 2.24) is 0 Å². The summed E-state index contributed by atoms with van der Waals surface area (Å²) in [6, 6.07) is 0. The minimum atomic E-state index is -0.0446. The van der Waals surface area contributed by atoms with Gasteiger partial charge in [-0.15, -0.1) is 0 Å². The van der Waals surface area contributed by atoms with Crippen LogP contribution >= 0.6 is 0 Å². The molecule has 3 heteroatoms. The molecule has 3 nitrogen and oxygen atoms in total. The molecular formula is C9H15NO2. The molecule has 12 heavy (non-hydrogen) atoms. The van der Waals surface area contributed by atoms with E-state index < -0.39 is 0 Å². The van der Waals surface area contributed by atoms with Gasteiger partial charge in [-0.05, 0) is 25.7 Å². The zero-order valence-corrected chi connectivity index (χ0v) is 7.20. The highest BCUT2D eigenvalue weighted by Crippen LogP contribution is 2.29. The van der Waals surface area contributed by atoms with Crippen LogP contribution in [0.5, 0.6) is 0 Å². The number of hydrogen-bond acceptors (Lipinski definition) is 3. The van der Waals surface area contributed by atoms with Crippen molar-refractivity contribution in [3.8, 4) is 0 Å². The molecule has 1 aliphatic carbocycles. The molecule has 1 heterocycles. The Labute approximate surface area is 72.4 Å². The molecule has 1 fully saturated rings. The smallest absolute Gasteiger partial charge is 0.151 e. The average Bonchev–Trinajstić information content (AvgIpc) is 2.17. The summed E-state index contributed by atoms with van der Waals surface area (Å²) in [4.78, 5) is 5.13. The third kappa shape index (κ3) is 1.46. The average molecular weight is 169 g/mol. The molecule has 0 radical (unpaired) electrons. The summed E-state index contributed by atoms with van der Waals surface area (Å²) in [5.41, 5.74) is 1.23. The molecule has 2 aliphatic rings. The van der Waals surface area contributed by atoms with Crippen molar-refractivity contribution >= 4 is 5.71 Å². The summed E-state index contributed by atoms with van der Waals surface area (Å²) in [5.74, 6) is 0.602. The van der Waals surface area contributed by atoms with Crippen LogP contribution in [-0.2, 0) is 4.84 Å². The molecule has 0 bridgehead atoms. The zero-order chi connectivity index (χ0) is 8.39. The fourth-order valence-corrected chi connectivity index (χ4v) is 2.05. The third-order valence-electron chi connectivity index (χ3n) is 2.78. The number of aliphatic hydroxyl groups excluding tert-OH is 1. The number of hydrogen-bond donors (Lipinski definition) is 1. The van der Waals surface area contributed by atoms with E-state index in [9.17, 15) is 0 Å². The molecule has 0 saturated heterocycles. The standard InChI is InChI=1S/C9H15NO2/c11-6-8-5-7-3-1-2-4-9(7)10-12-8/h7-8,11H,1-6H2. The van der Waals surface area contributed by atoms with E-state index in [4.69, 9.17) is 9.94 Å². The normalized spacial score (nSPS) is 34.9. The molecule has 1 saturated carbocycles. The van der Waals surface area contributed by atoms with Gasteiger partial charge in [-0.25, -0.2) is 0 Å². The molecule has 0 aromatic rings. The lowest BCUT2D eigenvalue weighted by Crippen LogP contribution is -2.31. The van der Waals surface area contributed by atoms with E-state index in [-0.39, 0.29) is 12.7 Å². The van der Waals surface area contributed by atoms with Crippen molar-refractivity contribution in [2.75, 3.05) is 6.61 Å². The molecule has 2 atom stereocenters. The number of nitrogens with zero attached hydrogens (tertiary/aromatic N) is 1. The lowest BCUT2D eigenvalue weighted by Gasteiger charge is -2.30. The quantitative estimate of drug-likeness (QED) is 0.643. The van der Waals surface area contributed by atoms with Crippen molar-refractivity contribution in [1.29, 1.82) is 0 Å². The predicted octanol–water partition coefficient (Wildman–Crippen LogP) is 1.31. The second-order valence-corrected chi connectivity index (χ2v) is 3.67. The molecule has 0 aromatic heterocycles. The van der Waals surface area contributed by atoms with Gasteiger partial charge in [0.15, 0.2) is 6.10 Å². The predicted molar refractivity (Wildman–Crippen MR) is 46.0 cm³/mol. The molecule has 2 unspecified atom stereocenters. The van der Waals surface area contributed by atoms with E-state index in [1.807, 2.05) is 0 Å². The van der Waals surface area contributed by atoms with E-state index in [1.165, 1.54) is 25.0 Å². The number of rotatable bonds is 1. The minimum Gasteiger partial charge on any atom is -0.392 e. The van der Waals surface area contributed by atoms with Gasteiger partial charge in [-0.1, -0.05) is 11.6 Å². The number of oxime groups is 1. The van der Waals surface area contributed by atoms with Crippen LogP contribution in [0, 0.1) is 5.92 Å². The first-order valence-corrected chi connectivity index (χ1v) is 4.73. The summed E-state index contributed by atoms with van der Waals surface area (Å²) < 4.78 is 0. The third-order valence-corrected chi connectivity index (χ3v) is 2.78. The van der Waals surface area contributed by atoms with Gasteiger partial charge in [-0.2, -0.15) is 0 Å². The Bertz CT molecular complexity index is 191. The van der Waals surface area contributed by atoms with Crippen molar-refractivity contribution in [3.05, 3.63) is 0 Å². The van der Waals surface area contributed by atoms with Gasteiger partial charge >= 0.3 is 0 Å². The molecule has 1 N–H and O–H groups in total. The molecular weight excluding hydrogens is 154 g/mol. The Morgan fingerprint density at radius 2 is 2.42 bits per heavy atom. The molecule has 0 spiro atoms. The maximum absolute atomic E-state index is 8.89. The SMILES string of the molecule is OCC1CC2CCCCC2=NO1. The van der Waals surface area contributed by atoms with Crippen LogP contribution in [0.25, 0.3) is 0 Å². The Morgan fingerprint density at radius 3 is 3.25 bits per heavy atom. The zero-order valence-electron chi connectivity index (χ0n) is 7.20. The summed E-state index contributed by atoms with van der Waals surface area (Å²) in [5, 5.41) is 12.9. The van der Waals surface area contributed by atoms with Crippen molar-refractivity contribution in [3.63, 3.8) is 0 Å². The summed E-state index contributed by atoms with van der Waals surface area (Å²) >= 11 is 0. The fourth-order valence-electron chi connectivity index (χ4n) is 2.05. The van der Waals surface area contributed by atoms with E-state index in [2.05, 4.69) is 5.16 Å². The summed E-state index contributed by atoms with van der Waals surface area (Å²) in [6.07, 6.45) is 5.82. The highest BCUT2D eigenvalue weighted by molar-refractivity contribution is 5.87. The maximum Gasteiger partial charge on any atom is 0.151 e. The number of fused-ring (bicyclic) bond motifs is 1. The summed E-state index contributed by atoms with van der Waals surface area (Å²) in [6.45, 7) is 0.104. The van der Waals surface area contributed by atoms with Crippen molar-refractivity contribution < 1.29 is 9.94 Å². The van der Waals surface area contributed by atoms with Crippen LogP contribution in [0.3, 0.4) is 0 Å². The Kier molecular flexibility index (Phi) is 2.30. The topological polar surface area (TPSA) is 41.8 Å². The molecule has 68 valence electrons. The van der Waals surface area contributed by atoms with Gasteiger partial charge < -0.3 is 9.94 Å². The van der Waals surface area contributed by atoms with Crippen LogP contribution in [0.2, 0.25) is 0 Å². The first-order chi connectivity index (χ1) is 5.90. The molecule has 0 aromatic carbocycles. The van der Waals surface area contributed by atoms with Crippen molar-refractivity contribution in [2.24, 2.45) is 11.1 Å². The highest BCUT2D eigenvalue weighted by atomic mass is 16.6. The van der Waals surface area contributed by atoms with Crippen LogP contribution in [0.1, 0.15) is 32.1 Å². The fraction of sp³-hybridized carbons (Fsp3) is 0.889. The first-order valence-electron chi connectivity index (χ1n) is 4.73. The van der Waals surface area contributed by atoms with Gasteiger partial charge in [0.1, 0.15) is 0 Å².